The smallest absolute Gasteiger partial charge is 0.0630 e. The van der Waals surface area contributed by atoms with Crippen molar-refractivity contribution in [2.75, 3.05) is 0 Å². The second kappa shape index (κ2) is 2.59. The first kappa shape index (κ1) is 9.79. The van der Waals surface area contributed by atoms with Gasteiger partial charge in [0.05, 0.1) is 5.60 Å². The molecule has 0 bridgehead atoms. The van der Waals surface area contributed by atoms with Crippen LogP contribution in [0.4, 0.5) is 0 Å². The standard InChI is InChI=1S/C11H20O/c1-8-6-7-9(10(8,2)3)11(4,5)12/h6,9,12H,7H2,1-5H3/t9-/m0/s1. The molecular formula is C11H20O. The van der Waals surface area contributed by atoms with Gasteiger partial charge in [-0.15, -0.1) is 0 Å². The zero-order valence-corrected chi connectivity index (χ0v) is 8.81. The van der Waals surface area contributed by atoms with Gasteiger partial charge in [-0.05, 0) is 38.5 Å². The van der Waals surface area contributed by atoms with Gasteiger partial charge in [-0.3, -0.25) is 0 Å². The molecule has 0 fully saturated rings. The van der Waals surface area contributed by atoms with E-state index in [0.717, 1.165) is 6.42 Å². The summed E-state index contributed by atoms with van der Waals surface area (Å²) in [4.78, 5) is 0. The molecule has 1 heteroatoms. The zero-order chi connectivity index (χ0) is 9.57. The average Bonchev–Trinajstić information content (AvgIpc) is 2.06. The highest BCUT2D eigenvalue weighted by Crippen LogP contribution is 2.47. The zero-order valence-electron chi connectivity index (χ0n) is 8.81. The topological polar surface area (TPSA) is 20.2 Å². The summed E-state index contributed by atoms with van der Waals surface area (Å²) in [5.74, 6) is 0.366. The van der Waals surface area contributed by atoms with E-state index in [1.165, 1.54) is 5.57 Å². The van der Waals surface area contributed by atoms with Gasteiger partial charge >= 0.3 is 0 Å². The van der Waals surface area contributed by atoms with Crippen LogP contribution in [-0.4, -0.2) is 10.7 Å². The minimum Gasteiger partial charge on any atom is -0.390 e. The van der Waals surface area contributed by atoms with Crippen molar-refractivity contribution in [2.24, 2.45) is 11.3 Å². The SMILES string of the molecule is CC1=CC[C@H](C(C)(C)O)C1(C)C. The van der Waals surface area contributed by atoms with Crippen LogP contribution in [-0.2, 0) is 0 Å². The third kappa shape index (κ3) is 1.42. The van der Waals surface area contributed by atoms with Crippen molar-refractivity contribution in [3.05, 3.63) is 11.6 Å². The highest BCUT2D eigenvalue weighted by molar-refractivity contribution is 5.20. The molecular weight excluding hydrogens is 148 g/mol. The molecule has 1 N–H and O–H groups in total. The molecule has 0 amide bonds. The Hall–Kier alpha value is -0.300. The Kier molecular flexibility index (Phi) is 2.12. The predicted molar refractivity (Wildman–Crippen MR) is 51.9 cm³/mol. The summed E-state index contributed by atoms with van der Waals surface area (Å²) in [5, 5.41) is 9.94. The second-order valence-electron chi connectivity index (χ2n) is 5.05. The molecule has 70 valence electrons. The molecule has 0 aromatic rings. The van der Waals surface area contributed by atoms with Crippen molar-refractivity contribution < 1.29 is 5.11 Å². The van der Waals surface area contributed by atoms with Crippen molar-refractivity contribution in [3.8, 4) is 0 Å². The van der Waals surface area contributed by atoms with Crippen molar-refractivity contribution in [2.45, 2.75) is 46.6 Å². The van der Waals surface area contributed by atoms with Crippen LogP contribution in [0.15, 0.2) is 11.6 Å². The quantitative estimate of drug-likeness (QED) is 0.597. The van der Waals surface area contributed by atoms with E-state index in [-0.39, 0.29) is 5.41 Å². The van der Waals surface area contributed by atoms with Gasteiger partial charge in [-0.1, -0.05) is 25.5 Å². The van der Waals surface area contributed by atoms with Crippen LogP contribution in [0.5, 0.6) is 0 Å². The van der Waals surface area contributed by atoms with Crippen LogP contribution in [0, 0.1) is 11.3 Å². The summed E-state index contributed by atoms with van der Waals surface area (Å²) in [6, 6.07) is 0. The minimum atomic E-state index is -0.558. The number of hydrogen-bond acceptors (Lipinski definition) is 1. The van der Waals surface area contributed by atoms with Gasteiger partial charge in [-0.25, -0.2) is 0 Å². The third-order valence-corrected chi connectivity index (χ3v) is 3.40. The molecule has 0 radical (unpaired) electrons. The van der Waals surface area contributed by atoms with Gasteiger partial charge in [-0.2, -0.15) is 0 Å². The molecule has 0 aromatic heterocycles. The van der Waals surface area contributed by atoms with E-state index in [0.29, 0.717) is 5.92 Å². The van der Waals surface area contributed by atoms with Crippen molar-refractivity contribution in [1.29, 1.82) is 0 Å². The average molecular weight is 168 g/mol. The maximum Gasteiger partial charge on any atom is 0.0630 e. The Morgan fingerprint density at radius 3 is 2.17 bits per heavy atom. The number of aliphatic hydroxyl groups is 1. The van der Waals surface area contributed by atoms with Crippen molar-refractivity contribution in [1.82, 2.24) is 0 Å². The molecule has 1 atom stereocenters. The largest absolute Gasteiger partial charge is 0.390 e. The molecule has 0 aromatic carbocycles. The lowest BCUT2D eigenvalue weighted by molar-refractivity contribution is -0.0185. The summed E-state index contributed by atoms with van der Waals surface area (Å²) in [7, 11) is 0. The highest BCUT2D eigenvalue weighted by atomic mass is 16.3. The first-order valence-corrected chi connectivity index (χ1v) is 4.66. The van der Waals surface area contributed by atoms with Gasteiger partial charge in [0.1, 0.15) is 0 Å². The molecule has 0 heterocycles. The van der Waals surface area contributed by atoms with Gasteiger partial charge in [0.25, 0.3) is 0 Å². The predicted octanol–water partition coefficient (Wildman–Crippen LogP) is 2.75. The molecule has 12 heavy (non-hydrogen) atoms. The number of hydrogen-bond donors (Lipinski definition) is 1. The summed E-state index contributed by atoms with van der Waals surface area (Å²) in [6.45, 7) is 10.4. The summed E-state index contributed by atoms with van der Waals surface area (Å²) >= 11 is 0. The fourth-order valence-corrected chi connectivity index (χ4v) is 2.30. The Labute approximate surface area is 75.5 Å². The monoisotopic (exact) mass is 168 g/mol. The normalized spacial score (nSPS) is 28.8. The van der Waals surface area contributed by atoms with E-state index in [9.17, 15) is 5.11 Å². The first-order valence-electron chi connectivity index (χ1n) is 4.66. The second-order valence-corrected chi connectivity index (χ2v) is 5.05. The Bertz CT molecular complexity index is 206. The summed E-state index contributed by atoms with van der Waals surface area (Å²) in [6.07, 6.45) is 3.27. The van der Waals surface area contributed by atoms with Crippen LogP contribution in [0.2, 0.25) is 0 Å². The van der Waals surface area contributed by atoms with E-state index >= 15 is 0 Å². The lowest BCUT2D eigenvalue weighted by Gasteiger charge is -2.38. The molecule has 0 saturated heterocycles. The molecule has 1 rings (SSSR count). The van der Waals surface area contributed by atoms with Gasteiger partial charge in [0.2, 0.25) is 0 Å². The molecule has 0 unspecified atom stereocenters. The van der Waals surface area contributed by atoms with Crippen LogP contribution in [0.1, 0.15) is 41.0 Å². The van der Waals surface area contributed by atoms with Crippen molar-refractivity contribution in [3.63, 3.8) is 0 Å². The molecule has 1 nitrogen and oxygen atoms in total. The fraction of sp³-hybridized carbons (Fsp3) is 0.818. The summed E-state index contributed by atoms with van der Waals surface area (Å²) in [5.41, 5.74) is 1.02. The Morgan fingerprint density at radius 1 is 1.50 bits per heavy atom. The summed E-state index contributed by atoms with van der Waals surface area (Å²) < 4.78 is 0. The van der Waals surface area contributed by atoms with E-state index < -0.39 is 5.60 Å². The maximum absolute atomic E-state index is 9.94. The van der Waals surface area contributed by atoms with E-state index in [2.05, 4.69) is 26.8 Å². The van der Waals surface area contributed by atoms with E-state index in [1.807, 2.05) is 13.8 Å². The van der Waals surface area contributed by atoms with Gasteiger partial charge in [0.15, 0.2) is 0 Å². The van der Waals surface area contributed by atoms with Crippen LogP contribution < -0.4 is 0 Å². The lowest BCUT2D eigenvalue weighted by atomic mass is 9.70. The Morgan fingerprint density at radius 2 is 2.00 bits per heavy atom. The minimum absolute atomic E-state index is 0.165. The highest BCUT2D eigenvalue weighted by Gasteiger charge is 2.42. The van der Waals surface area contributed by atoms with Crippen molar-refractivity contribution >= 4 is 0 Å². The Balaban J connectivity index is 2.88. The third-order valence-electron chi connectivity index (χ3n) is 3.40. The molecule has 0 spiro atoms. The lowest BCUT2D eigenvalue weighted by Crippen LogP contribution is -2.38. The van der Waals surface area contributed by atoms with Gasteiger partial charge < -0.3 is 5.11 Å². The maximum atomic E-state index is 9.94. The first-order chi connectivity index (χ1) is 5.26. The number of rotatable bonds is 1. The van der Waals surface area contributed by atoms with Crippen LogP contribution in [0.25, 0.3) is 0 Å². The molecule has 0 aliphatic heterocycles. The van der Waals surface area contributed by atoms with Crippen LogP contribution >= 0.6 is 0 Å². The number of allylic oxidation sites excluding steroid dienone is 2. The van der Waals surface area contributed by atoms with Gasteiger partial charge in [0, 0.05) is 0 Å². The molecule has 0 saturated carbocycles. The molecule has 1 aliphatic rings. The molecule has 1 aliphatic carbocycles. The fourth-order valence-electron chi connectivity index (χ4n) is 2.30. The van der Waals surface area contributed by atoms with Crippen LogP contribution in [0.3, 0.4) is 0 Å². The van der Waals surface area contributed by atoms with E-state index in [4.69, 9.17) is 0 Å². The van der Waals surface area contributed by atoms with E-state index in [1.54, 1.807) is 0 Å².